The number of alkyl halides is 5. The standard InChI is InChI=1S/C23H15F9O3/c1-2-3-11-4-6-12(7-5-11)18-17(33)10-14(24)19(20(18)27)22(28,29)34-13-8-15(25)21(16(26)9-13)35-23(30,31)32/h4-10,33H,2-3H2,1H3. The molecular formula is C23H15F9O3. The Morgan fingerprint density at radius 1 is 0.800 bits per heavy atom. The first-order valence-electron chi connectivity index (χ1n) is 9.86. The van der Waals surface area contributed by atoms with Crippen molar-refractivity contribution in [1.82, 2.24) is 0 Å². The molecule has 0 spiro atoms. The van der Waals surface area contributed by atoms with Crippen molar-refractivity contribution in [3.05, 3.63) is 76.9 Å². The lowest BCUT2D eigenvalue weighted by molar-refractivity contribution is -0.276. The highest BCUT2D eigenvalue weighted by atomic mass is 19.4. The number of hydrogen-bond donors (Lipinski definition) is 1. The lowest BCUT2D eigenvalue weighted by atomic mass is 9.98. The summed E-state index contributed by atoms with van der Waals surface area (Å²) >= 11 is 0. The smallest absolute Gasteiger partial charge is 0.507 e. The van der Waals surface area contributed by atoms with Gasteiger partial charge in [-0.05, 0) is 17.5 Å². The van der Waals surface area contributed by atoms with E-state index in [1.54, 1.807) is 12.1 Å². The van der Waals surface area contributed by atoms with Crippen LogP contribution < -0.4 is 9.47 Å². The van der Waals surface area contributed by atoms with E-state index >= 15 is 4.39 Å². The first-order chi connectivity index (χ1) is 16.2. The average Bonchev–Trinajstić information content (AvgIpc) is 2.70. The Labute approximate surface area is 192 Å². The summed E-state index contributed by atoms with van der Waals surface area (Å²) in [4.78, 5) is 0. The molecule has 3 aromatic carbocycles. The van der Waals surface area contributed by atoms with Gasteiger partial charge in [0.05, 0.1) is 5.56 Å². The molecule has 0 aliphatic rings. The van der Waals surface area contributed by atoms with Crippen molar-refractivity contribution in [2.45, 2.75) is 32.2 Å². The molecule has 12 heteroatoms. The predicted octanol–water partition coefficient (Wildman–Crippen LogP) is 7.60. The molecule has 35 heavy (non-hydrogen) atoms. The highest BCUT2D eigenvalue weighted by Gasteiger charge is 2.43. The Bertz CT molecular complexity index is 1200. The normalized spacial score (nSPS) is 12.1. The van der Waals surface area contributed by atoms with Crippen molar-refractivity contribution >= 4 is 0 Å². The molecule has 0 fully saturated rings. The average molecular weight is 510 g/mol. The molecule has 0 unspecified atom stereocenters. The molecule has 0 atom stereocenters. The number of aromatic hydroxyl groups is 1. The number of benzene rings is 3. The van der Waals surface area contributed by atoms with Gasteiger partial charge >= 0.3 is 12.5 Å². The molecule has 3 rings (SSSR count). The minimum Gasteiger partial charge on any atom is -0.507 e. The minimum atomic E-state index is -5.49. The molecule has 0 saturated carbocycles. The van der Waals surface area contributed by atoms with E-state index in [4.69, 9.17) is 0 Å². The first kappa shape index (κ1) is 26.0. The summed E-state index contributed by atoms with van der Waals surface area (Å²) in [6, 6.07) is 5.76. The number of ether oxygens (including phenoxy) is 2. The maximum atomic E-state index is 15.1. The molecule has 0 aromatic heterocycles. The van der Waals surface area contributed by atoms with Gasteiger partial charge in [0.15, 0.2) is 17.5 Å². The number of phenolic OH excluding ortho intramolecular Hbond substituents is 1. The number of rotatable bonds is 7. The third kappa shape index (κ3) is 5.75. The lowest BCUT2D eigenvalue weighted by Crippen LogP contribution is -2.26. The van der Waals surface area contributed by atoms with Crippen molar-refractivity contribution in [3.63, 3.8) is 0 Å². The van der Waals surface area contributed by atoms with E-state index in [0.717, 1.165) is 12.0 Å². The summed E-state index contributed by atoms with van der Waals surface area (Å²) < 4.78 is 131. The monoisotopic (exact) mass is 510 g/mol. The Hall–Kier alpha value is -3.57. The second kappa shape index (κ2) is 9.59. The van der Waals surface area contributed by atoms with Crippen LogP contribution in [-0.4, -0.2) is 11.5 Å². The van der Waals surface area contributed by atoms with Gasteiger partial charge in [-0.15, -0.1) is 13.2 Å². The van der Waals surface area contributed by atoms with Crippen molar-refractivity contribution in [1.29, 1.82) is 0 Å². The topological polar surface area (TPSA) is 38.7 Å². The van der Waals surface area contributed by atoms with Gasteiger partial charge in [0, 0.05) is 18.2 Å². The second-order valence-electron chi connectivity index (χ2n) is 7.27. The molecule has 0 amide bonds. The van der Waals surface area contributed by atoms with Crippen molar-refractivity contribution in [2.75, 3.05) is 0 Å². The predicted molar refractivity (Wildman–Crippen MR) is 105 cm³/mol. The van der Waals surface area contributed by atoms with Gasteiger partial charge in [0.25, 0.3) is 0 Å². The Kier molecular flexibility index (Phi) is 7.13. The van der Waals surface area contributed by atoms with Crippen LogP contribution in [0.2, 0.25) is 0 Å². The zero-order valence-corrected chi connectivity index (χ0v) is 17.6. The fraction of sp³-hybridized carbons (Fsp3) is 0.217. The lowest BCUT2D eigenvalue weighted by Gasteiger charge is -2.21. The molecule has 0 bridgehead atoms. The van der Waals surface area contributed by atoms with E-state index in [-0.39, 0.29) is 23.8 Å². The Morgan fingerprint density at radius 2 is 1.37 bits per heavy atom. The first-order valence-corrected chi connectivity index (χ1v) is 9.86. The maximum absolute atomic E-state index is 15.1. The summed E-state index contributed by atoms with van der Waals surface area (Å²) in [5.41, 5.74) is -2.05. The quantitative estimate of drug-likeness (QED) is 0.333. The Morgan fingerprint density at radius 3 is 1.89 bits per heavy atom. The number of phenols is 1. The SMILES string of the molecule is CCCc1ccc(-c2c(O)cc(F)c(C(F)(F)Oc3cc(F)c(OC(F)(F)F)c(F)c3)c2F)cc1. The van der Waals surface area contributed by atoms with E-state index in [9.17, 15) is 40.2 Å². The fourth-order valence-electron chi connectivity index (χ4n) is 3.28. The van der Waals surface area contributed by atoms with E-state index in [2.05, 4.69) is 9.47 Å². The zero-order valence-electron chi connectivity index (χ0n) is 17.6. The number of aryl methyl sites for hydroxylation is 1. The van der Waals surface area contributed by atoms with Gasteiger partial charge in [-0.3, -0.25) is 0 Å². The third-order valence-electron chi connectivity index (χ3n) is 4.71. The van der Waals surface area contributed by atoms with Crippen LogP contribution in [-0.2, 0) is 12.5 Å². The molecule has 0 radical (unpaired) electrons. The summed E-state index contributed by atoms with van der Waals surface area (Å²) in [5, 5.41) is 10.0. The van der Waals surface area contributed by atoms with Gasteiger partial charge in [0.2, 0.25) is 5.75 Å². The van der Waals surface area contributed by atoms with E-state index in [1.807, 2.05) is 6.92 Å². The molecule has 0 aliphatic carbocycles. The summed E-state index contributed by atoms with van der Waals surface area (Å²) in [5.74, 6) is -12.3. The van der Waals surface area contributed by atoms with Crippen LogP contribution in [0.5, 0.6) is 17.2 Å². The summed E-state index contributed by atoms with van der Waals surface area (Å²) in [7, 11) is 0. The Balaban J connectivity index is 2.02. The van der Waals surface area contributed by atoms with Gasteiger partial charge in [0.1, 0.15) is 22.9 Å². The highest BCUT2D eigenvalue weighted by molar-refractivity contribution is 5.72. The molecule has 188 valence electrons. The minimum absolute atomic E-state index is 0.0809. The second-order valence-corrected chi connectivity index (χ2v) is 7.27. The van der Waals surface area contributed by atoms with Crippen LogP contribution in [0.3, 0.4) is 0 Å². The van der Waals surface area contributed by atoms with Gasteiger partial charge in [-0.2, -0.15) is 8.78 Å². The van der Waals surface area contributed by atoms with Crippen LogP contribution in [0.15, 0.2) is 42.5 Å². The number of hydrogen-bond acceptors (Lipinski definition) is 3. The fourth-order valence-corrected chi connectivity index (χ4v) is 3.28. The summed E-state index contributed by atoms with van der Waals surface area (Å²) in [6.07, 6.45) is -8.95. The van der Waals surface area contributed by atoms with Crippen LogP contribution in [0, 0.1) is 23.3 Å². The largest absolute Gasteiger partial charge is 0.573 e. The summed E-state index contributed by atoms with van der Waals surface area (Å²) in [6.45, 7) is 1.91. The maximum Gasteiger partial charge on any atom is 0.573 e. The van der Waals surface area contributed by atoms with Crippen molar-refractivity contribution in [2.24, 2.45) is 0 Å². The molecule has 0 saturated heterocycles. The van der Waals surface area contributed by atoms with Crippen molar-refractivity contribution < 1.29 is 54.1 Å². The third-order valence-corrected chi connectivity index (χ3v) is 4.71. The molecule has 0 aliphatic heterocycles. The zero-order chi connectivity index (χ0) is 26.1. The van der Waals surface area contributed by atoms with Gasteiger partial charge in [-0.1, -0.05) is 37.6 Å². The van der Waals surface area contributed by atoms with Gasteiger partial charge < -0.3 is 14.6 Å². The molecule has 3 aromatic rings. The molecule has 1 N–H and O–H groups in total. The number of halogens is 9. The van der Waals surface area contributed by atoms with Crippen molar-refractivity contribution in [3.8, 4) is 28.4 Å². The van der Waals surface area contributed by atoms with Crippen LogP contribution in [0.4, 0.5) is 39.5 Å². The van der Waals surface area contributed by atoms with E-state index in [0.29, 0.717) is 6.42 Å². The molecule has 3 nitrogen and oxygen atoms in total. The van der Waals surface area contributed by atoms with Gasteiger partial charge in [-0.25, -0.2) is 17.6 Å². The van der Waals surface area contributed by atoms with Crippen LogP contribution in [0.1, 0.15) is 24.5 Å². The highest BCUT2D eigenvalue weighted by Crippen LogP contribution is 2.43. The van der Waals surface area contributed by atoms with Crippen LogP contribution >= 0.6 is 0 Å². The van der Waals surface area contributed by atoms with E-state index in [1.165, 1.54) is 12.1 Å². The molecule has 0 heterocycles. The molecular weight excluding hydrogens is 495 g/mol. The van der Waals surface area contributed by atoms with E-state index < -0.39 is 64.1 Å². The van der Waals surface area contributed by atoms with Crippen LogP contribution in [0.25, 0.3) is 11.1 Å².